The van der Waals surface area contributed by atoms with Crippen LogP contribution in [-0.4, -0.2) is 45.5 Å². The molecule has 6 nitrogen and oxygen atoms in total. The quantitative estimate of drug-likeness (QED) is 0.678. The van der Waals surface area contributed by atoms with Crippen molar-refractivity contribution in [2.45, 2.75) is 25.2 Å². The van der Waals surface area contributed by atoms with E-state index in [-0.39, 0.29) is 12.5 Å². The lowest BCUT2D eigenvalue weighted by Gasteiger charge is -2.20. The van der Waals surface area contributed by atoms with Crippen LogP contribution in [0.15, 0.2) is 48.5 Å². The molecule has 8 heteroatoms. The van der Waals surface area contributed by atoms with Gasteiger partial charge in [0.2, 0.25) is 10.0 Å². The monoisotopic (exact) mass is 434 g/mol. The molecule has 156 valence electrons. The molecule has 2 aromatic rings. The molecule has 1 N–H and O–H groups in total. The number of thioether (sulfide) groups is 1. The van der Waals surface area contributed by atoms with Crippen molar-refractivity contribution in [2.24, 2.45) is 0 Å². The molecule has 1 aliphatic heterocycles. The molecule has 1 unspecified atom stereocenters. The Kier molecular flexibility index (Phi) is 7.08. The molecule has 0 radical (unpaired) electrons. The van der Waals surface area contributed by atoms with Crippen molar-refractivity contribution in [1.29, 1.82) is 0 Å². The Bertz CT molecular complexity index is 963. The van der Waals surface area contributed by atoms with Gasteiger partial charge in [-0.25, -0.2) is 8.42 Å². The van der Waals surface area contributed by atoms with Crippen LogP contribution in [0, 0.1) is 6.92 Å². The van der Waals surface area contributed by atoms with Crippen LogP contribution in [0.2, 0.25) is 0 Å². The summed E-state index contributed by atoms with van der Waals surface area (Å²) in [7, 11) is -3.45. The summed E-state index contributed by atoms with van der Waals surface area (Å²) >= 11 is 1.76. The average molecular weight is 435 g/mol. The Labute approximate surface area is 176 Å². The van der Waals surface area contributed by atoms with Gasteiger partial charge < -0.3 is 10.1 Å². The van der Waals surface area contributed by atoms with Gasteiger partial charge in [-0.3, -0.25) is 9.10 Å². The van der Waals surface area contributed by atoms with E-state index in [1.165, 1.54) is 15.4 Å². The smallest absolute Gasteiger partial charge is 0.261 e. The maximum atomic E-state index is 12.6. The predicted molar refractivity (Wildman–Crippen MR) is 118 cm³/mol. The molecule has 2 aromatic carbocycles. The second-order valence-corrected chi connectivity index (χ2v) is 9.98. The summed E-state index contributed by atoms with van der Waals surface area (Å²) < 4.78 is 31.4. The minimum absolute atomic E-state index is 0.204. The number of para-hydroxylation sites is 2. The number of carbonyl (C=O) groups is 1. The number of carbonyl (C=O) groups excluding carboxylic acids is 1. The van der Waals surface area contributed by atoms with E-state index in [2.05, 4.69) is 24.4 Å². The van der Waals surface area contributed by atoms with Gasteiger partial charge in [0.25, 0.3) is 5.91 Å². The second kappa shape index (κ2) is 9.54. The molecule has 0 bridgehead atoms. The summed E-state index contributed by atoms with van der Waals surface area (Å²) in [4.78, 5) is 12.6. The van der Waals surface area contributed by atoms with E-state index in [0.29, 0.717) is 24.4 Å². The van der Waals surface area contributed by atoms with E-state index in [1.807, 2.05) is 12.1 Å². The van der Waals surface area contributed by atoms with Crippen LogP contribution in [0.3, 0.4) is 0 Å². The molecule has 1 aliphatic rings. The molecule has 0 saturated carbocycles. The van der Waals surface area contributed by atoms with Crippen LogP contribution < -0.4 is 14.4 Å². The van der Waals surface area contributed by atoms with E-state index < -0.39 is 16.1 Å². The van der Waals surface area contributed by atoms with Gasteiger partial charge in [-0.2, -0.15) is 11.8 Å². The first-order valence-corrected chi connectivity index (χ1v) is 12.5. The molecule has 1 amide bonds. The number of hydrogen-bond acceptors (Lipinski definition) is 5. The minimum atomic E-state index is -3.45. The minimum Gasteiger partial charge on any atom is -0.478 e. The van der Waals surface area contributed by atoms with Crippen molar-refractivity contribution in [3.8, 4) is 5.75 Å². The van der Waals surface area contributed by atoms with Gasteiger partial charge in [-0.1, -0.05) is 36.4 Å². The molecular formula is C21H26N2O4S2. The van der Waals surface area contributed by atoms with Crippen LogP contribution in [-0.2, 0) is 20.6 Å². The summed E-state index contributed by atoms with van der Waals surface area (Å²) in [5.74, 6) is 1.88. The van der Waals surface area contributed by atoms with Crippen LogP contribution in [0.5, 0.6) is 5.75 Å². The van der Waals surface area contributed by atoms with Crippen LogP contribution in [0.4, 0.5) is 5.69 Å². The zero-order chi connectivity index (χ0) is 20.9. The van der Waals surface area contributed by atoms with Crippen LogP contribution in [0.1, 0.15) is 17.5 Å². The Morgan fingerprint density at radius 3 is 2.69 bits per heavy atom. The SMILES string of the molecule is Cc1ccccc1CSCCNC(=O)C1CCN(S(C)(=O)=O)c2ccccc2O1. The van der Waals surface area contributed by atoms with Crippen molar-refractivity contribution in [2.75, 3.05) is 29.4 Å². The van der Waals surface area contributed by atoms with E-state index in [4.69, 9.17) is 4.74 Å². The highest BCUT2D eigenvalue weighted by Crippen LogP contribution is 2.33. The lowest BCUT2D eigenvalue weighted by Crippen LogP contribution is -2.40. The molecule has 0 fully saturated rings. The van der Waals surface area contributed by atoms with E-state index in [1.54, 1.807) is 36.0 Å². The molecule has 1 heterocycles. The highest BCUT2D eigenvalue weighted by atomic mass is 32.2. The van der Waals surface area contributed by atoms with Crippen molar-refractivity contribution in [3.63, 3.8) is 0 Å². The summed E-state index contributed by atoms with van der Waals surface area (Å²) in [5, 5.41) is 2.91. The molecule has 1 atom stereocenters. The summed E-state index contributed by atoms with van der Waals surface area (Å²) in [6, 6.07) is 15.2. The average Bonchev–Trinajstić information content (AvgIpc) is 2.88. The molecular weight excluding hydrogens is 408 g/mol. The van der Waals surface area contributed by atoms with Crippen LogP contribution in [0.25, 0.3) is 0 Å². The number of aryl methyl sites for hydroxylation is 1. The van der Waals surface area contributed by atoms with Gasteiger partial charge in [0.05, 0.1) is 11.9 Å². The Hall–Kier alpha value is -2.19. The third kappa shape index (κ3) is 5.67. The molecule has 0 aromatic heterocycles. The number of hydrogen-bond donors (Lipinski definition) is 1. The van der Waals surface area contributed by atoms with Gasteiger partial charge in [-0.05, 0) is 30.2 Å². The highest BCUT2D eigenvalue weighted by Gasteiger charge is 2.30. The largest absolute Gasteiger partial charge is 0.478 e. The standard InChI is InChI=1S/C21H26N2O4S2/c1-16-7-3-4-8-17(16)15-28-14-12-22-21(24)20-11-13-23(29(2,25)26)18-9-5-6-10-19(18)27-20/h3-10,20H,11-15H2,1-2H3,(H,22,24). The first-order valence-electron chi connectivity index (χ1n) is 9.49. The van der Waals surface area contributed by atoms with Gasteiger partial charge in [0, 0.05) is 31.0 Å². The molecule has 0 aliphatic carbocycles. The Balaban J connectivity index is 1.53. The zero-order valence-corrected chi connectivity index (χ0v) is 18.3. The van der Waals surface area contributed by atoms with Gasteiger partial charge in [0.1, 0.15) is 5.75 Å². The first-order chi connectivity index (χ1) is 13.9. The number of fused-ring (bicyclic) bond motifs is 1. The third-order valence-corrected chi connectivity index (χ3v) is 6.94. The zero-order valence-electron chi connectivity index (χ0n) is 16.6. The van der Waals surface area contributed by atoms with Gasteiger partial charge in [-0.15, -0.1) is 0 Å². The van der Waals surface area contributed by atoms with Crippen molar-refractivity contribution < 1.29 is 17.9 Å². The summed E-state index contributed by atoms with van der Waals surface area (Å²) in [6.45, 7) is 2.83. The van der Waals surface area contributed by atoms with E-state index in [0.717, 1.165) is 17.8 Å². The number of nitrogens with one attached hydrogen (secondary N) is 1. The number of amides is 1. The van der Waals surface area contributed by atoms with E-state index >= 15 is 0 Å². The fourth-order valence-electron chi connectivity index (χ4n) is 3.17. The number of sulfonamides is 1. The molecule has 0 saturated heterocycles. The molecule has 0 spiro atoms. The Morgan fingerprint density at radius 2 is 1.93 bits per heavy atom. The normalized spacial score (nSPS) is 16.5. The maximum Gasteiger partial charge on any atom is 0.261 e. The van der Waals surface area contributed by atoms with Gasteiger partial charge in [0.15, 0.2) is 6.10 Å². The number of nitrogens with zero attached hydrogens (tertiary/aromatic N) is 1. The lowest BCUT2D eigenvalue weighted by atomic mass is 10.1. The number of anilines is 1. The first kappa shape index (κ1) is 21.5. The fraction of sp³-hybridized carbons (Fsp3) is 0.381. The molecule has 29 heavy (non-hydrogen) atoms. The summed E-state index contributed by atoms with van der Waals surface area (Å²) in [5.41, 5.74) is 3.04. The Morgan fingerprint density at radius 1 is 1.21 bits per heavy atom. The predicted octanol–water partition coefficient (Wildman–Crippen LogP) is 2.96. The lowest BCUT2D eigenvalue weighted by molar-refractivity contribution is -0.127. The number of rotatable bonds is 7. The van der Waals surface area contributed by atoms with Gasteiger partial charge >= 0.3 is 0 Å². The number of benzene rings is 2. The topological polar surface area (TPSA) is 75.7 Å². The highest BCUT2D eigenvalue weighted by molar-refractivity contribution is 7.98. The fourth-order valence-corrected chi connectivity index (χ4v) is 5.05. The van der Waals surface area contributed by atoms with Crippen molar-refractivity contribution in [3.05, 3.63) is 59.7 Å². The van der Waals surface area contributed by atoms with Crippen molar-refractivity contribution >= 4 is 33.4 Å². The molecule has 3 rings (SSSR count). The van der Waals surface area contributed by atoms with E-state index in [9.17, 15) is 13.2 Å². The second-order valence-electron chi connectivity index (χ2n) is 6.97. The third-order valence-electron chi connectivity index (χ3n) is 4.75. The maximum absolute atomic E-state index is 12.6. The van der Waals surface area contributed by atoms with Crippen LogP contribution >= 0.6 is 11.8 Å². The summed E-state index contributed by atoms with van der Waals surface area (Å²) in [6.07, 6.45) is 0.740. The number of ether oxygens (including phenoxy) is 1. The van der Waals surface area contributed by atoms with Crippen molar-refractivity contribution in [1.82, 2.24) is 5.32 Å².